The molecule has 0 spiro atoms. The third-order valence-electron chi connectivity index (χ3n) is 4.98. The number of nitrogens with one attached hydrogen (secondary N) is 1. The van der Waals surface area contributed by atoms with E-state index in [2.05, 4.69) is 15.6 Å². The van der Waals surface area contributed by atoms with Crippen molar-refractivity contribution in [3.05, 3.63) is 50.6 Å². The van der Waals surface area contributed by atoms with E-state index in [9.17, 15) is 14.4 Å². The molecule has 1 amide bonds. The van der Waals surface area contributed by atoms with Gasteiger partial charge < -0.3 is 10.1 Å². The number of hydrogen-bond donors (Lipinski definition) is 1. The average molecular weight is 426 g/mol. The number of carbonyl (C=O) groups is 2. The minimum absolute atomic E-state index is 0.229. The zero-order valence-corrected chi connectivity index (χ0v) is 17.5. The van der Waals surface area contributed by atoms with Crippen LogP contribution in [0.15, 0.2) is 29.1 Å². The van der Waals surface area contributed by atoms with E-state index in [1.807, 2.05) is 6.92 Å². The quantitative estimate of drug-likeness (QED) is 0.608. The number of thiophene rings is 1. The predicted octanol–water partition coefficient (Wildman–Crippen LogP) is 2.94. The number of esters is 1. The molecule has 1 aliphatic rings. The third-order valence-corrected chi connectivity index (χ3v) is 6.16. The fourth-order valence-electron chi connectivity index (χ4n) is 3.51. The molecule has 1 aromatic carbocycles. The zero-order chi connectivity index (χ0) is 21.1. The molecule has 1 N–H and O–H groups in total. The summed E-state index contributed by atoms with van der Waals surface area (Å²) in [6.07, 6.45) is 4.78. The molecule has 0 unspecified atom stereocenters. The van der Waals surface area contributed by atoms with Gasteiger partial charge in [-0.2, -0.15) is 0 Å². The van der Waals surface area contributed by atoms with E-state index >= 15 is 0 Å². The lowest BCUT2D eigenvalue weighted by Crippen LogP contribution is -2.30. The van der Waals surface area contributed by atoms with Gasteiger partial charge in [0.1, 0.15) is 6.54 Å². The van der Waals surface area contributed by atoms with E-state index in [1.165, 1.54) is 16.2 Å². The first-order chi connectivity index (χ1) is 14.6. The van der Waals surface area contributed by atoms with E-state index in [-0.39, 0.29) is 12.1 Å². The van der Waals surface area contributed by atoms with Crippen LogP contribution in [0.3, 0.4) is 0 Å². The summed E-state index contributed by atoms with van der Waals surface area (Å²) in [4.78, 5) is 39.0. The molecule has 4 rings (SSSR count). The van der Waals surface area contributed by atoms with Crippen LogP contribution in [0.25, 0.3) is 10.2 Å². The van der Waals surface area contributed by atoms with Crippen molar-refractivity contribution in [1.29, 1.82) is 0 Å². The molecular formula is C21H22N4O4S. The van der Waals surface area contributed by atoms with Gasteiger partial charge in [-0.05, 0) is 61.9 Å². The summed E-state index contributed by atoms with van der Waals surface area (Å²) in [5, 5.41) is 11.4. The second kappa shape index (κ2) is 8.74. The number of hydrogen-bond acceptors (Lipinski definition) is 7. The Balaban J connectivity index is 1.46. The molecular weight excluding hydrogens is 404 g/mol. The fourth-order valence-corrected chi connectivity index (χ4v) is 4.71. The van der Waals surface area contributed by atoms with Gasteiger partial charge in [-0.1, -0.05) is 12.1 Å². The Hall–Kier alpha value is -3.07. The Labute approximate surface area is 176 Å². The molecule has 0 saturated carbocycles. The molecule has 3 aromatic rings. The second-order valence-electron chi connectivity index (χ2n) is 7.20. The van der Waals surface area contributed by atoms with E-state index in [1.54, 1.807) is 24.3 Å². The van der Waals surface area contributed by atoms with Crippen LogP contribution in [-0.4, -0.2) is 33.5 Å². The summed E-state index contributed by atoms with van der Waals surface area (Å²) < 4.78 is 6.19. The predicted molar refractivity (Wildman–Crippen MR) is 114 cm³/mol. The van der Waals surface area contributed by atoms with Crippen LogP contribution < -0.4 is 10.9 Å². The van der Waals surface area contributed by atoms with E-state index in [0.29, 0.717) is 28.1 Å². The molecule has 2 heterocycles. The number of aromatic nitrogens is 3. The smallest absolute Gasteiger partial charge is 0.338 e. The van der Waals surface area contributed by atoms with Crippen molar-refractivity contribution in [2.45, 2.75) is 45.6 Å². The van der Waals surface area contributed by atoms with Crippen LogP contribution in [0.2, 0.25) is 0 Å². The summed E-state index contributed by atoms with van der Waals surface area (Å²) in [5.41, 5.74) is 1.72. The van der Waals surface area contributed by atoms with Crippen molar-refractivity contribution in [3.63, 3.8) is 0 Å². The Kier molecular flexibility index (Phi) is 5.89. The summed E-state index contributed by atoms with van der Waals surface area (Å²) in [5.74, 6) is -0.792. The molecule has 0 atom stereocenters. The number of anilines is 1. The van der Waals surface area contributed by atoms with Crippen LogP contribution in [0.1, 0.15) is 47.0 Å². The van der Waals surface area contributed by atoms with Gasteiger partial charge in [0.2, 0.25) is 5.91 Å². The Morgan fingerprint density at radius 2 is 1.97 bits per heavy atom. The molecule has 0 saturated heterocycles. The molecule has 0 bridgehead atoms. The van der Waals surface area contributed by atoms with Gasteiger partial charge in [-0.15, -0.1) is 16.4 Å². The second-order valence-corrected chi connectivity index (χ2v) is 8.29. The number of aryl methyl sites for hydroxylation is 2. The topological polar surface area (TPSA) is 103 Å². The molecule has 0 radical (unpaired) electrons. The number of nitrogens with zero attached hydrogens (tertiary/aromatic N) is 3. The number of ether oxygens (including phenoxy) is 1. The normalized spacial score (nSPS) is 13.1. The number of carbonyl (C=O) groups excluding carboxylic acids is 2. The highest BCUT2D eigenvalue weighted by molar-refractivity contribution is 7.18. The lowest BCUT2D eigenvalue weighted by molar-refractivity contribution is -0.117. The van der Waals surface area contributed by atoms with Crippen molar-refractivity contribution in [1.82, 2.24) is 15.0 Å². The first kappa shape index (κ1) is 20.2. The monoisotopic (exact) mass is 426 g/mol. The highest BCUT2D eigenvalue weighted by atomic mass is 32.1. The minimum Gasteiger partial charge on any atom is -0.462 e. The Morgan fingerprint density at radius 3 is 2.73 bits per heavy atom. The van der Waals surface area contributed by atoms with Gasteiger partial charge in [0.25, 0.3) is 5.56 Å². The lowest BCUT2D eigenvalue weighted by atomic mass is 9.97. The van der Waals surface area contributed by atoms with Crippen molar-refractivity contribution < 1.29 is 14.3 Å². The summed E-state index contributed by atoms with van der Waals surface area (Å²) >= 11 is 1.53. The maximum atomic E-state index is 12.9. The highest BCUT2D eigenvalue weighted by Gasteiger charge is 2.21. The molecule has 2 aromatic heterocycles. The van der Waals surface area contributed by atoms with E-state index in [0.717, 1.165) is 42.3 Å². The molecule has 0 aliphatic heterocycles. The van der Waals surface area contributed by atoms with Gasteiger partial charge in [0.05, 0.1) is 17.6 Å². The van der Waals surface area contributed by atoms with Crippen LogP contribution >= 0.6 is 11.3 Å². The lowest BCUT2D eigenvalue weighted by Gasteiger charge is -2.10. The summed E-state index contributed by atoms with van der Waals surface area (Å²) in [6, 6.07) is 6.41. The van der Waals surface area contributed by atoms with Crippen molar-refractivity contribution >= 4 is 39.1 Å². The van der Waals surface area contributed by atoms with Gasteiger partial charge in [0.15, 0.2) is 4.83 Å². The minimum atomic E-state index is -0.399. The molecule has 156 valence electrons. The molecule has 8 nitrogen and oxygen atoms in total. The van der Waals surface area contributed by atoms with Gasteiger partial charge >= 0.3 is 5.97 Å². The van der Waals surface area contributed by atoms with E-state index in [4.69, 9.17) is 4.74 Å². The fraction of sp³-hybridized carbons (Fsp3) is 0.381. The highest BCUT2D eigenvalue weighted by Crippen LogP contribution is 2.33. The average Bonchev–Trinajstić information content (AvgIpc) is 3.14. The van der Waals surface area contributed by atoms with Crippen molar-refractivity contribution in [2.24, 2.45) is 0 Å². The Morgan fingerprint density at radius 1 is 1.20 bits per heavy atom. The third kappa shape index (κ3) is 4.11. The Bertz CT molecular complexity index is 1150. The number of amides is 1. The molecule has 9 heteroatoms. The van der Waals surface area contributed by atoms with Gasteiger partial charge in [-0.3, -0.25) is 9.59 Å². The van der Waals surface area contributed by atoms with Crippen LogP contribution in [-0.2, 0) is 28.9 Å². The van der Waals surface area contributed by atoms with Gasteiger partial charge in [-0.25, -0.2) is 9.48 Å². The van der Waals surface area contributed by atoms with Crippen molar-refractivity contribution in [2.75, 3.05) is 11.9 Å². The maximum absolute atomic E-state index is 12.9. The largest absolute Gasteiger partial charge is 0.462 e. The number of rotatable bonds is 6. The number of fused-ring (bicyclic) bond motifs is 3. The zero-order valence-electron chi connectivity index (χ0n) is 16.6. The summed E-state index contributed by atoms with van der Waals surface area (Å²) in [6.45, 7) is 2.06. The molecule has 0 fully saturated rings. The first-order valence-corrected chi connectivity index (χ1v) is 10.8. The SMILES string of the molecule is CCCOC(=O)c1ccc(NC(=O)Cn2nnc3sc4c(c3c2=O)CCCC4)cc1. The first-order valence-electron chi connectivity index (χ1n) is 10.0. The molecule has 30 heavy (non-hydrogen) atoms. The van der Waals surface area contributed by atoms with Gasteiger partial charge in [0, 0.05) is 10.6 Å². The number of benzene rings is 1. The standard InChI is InChI=1S/C21H22N4O4S/c1-2-11-29-21(28)13-7-9-14(10-8-13)22-17(26)12-25-20(27)18-15-5-3-4-6-16(15)30-19(18)23-24-25/h7-10H,2-6,11-12H2,1H3,(H,22,26). The maximum Gasteiger partial charge on any atom is 0.338 e. The van der Waals surface area contributed by atoms with E-state index < -0.39 is 11.9 Å². The van der Waals surface area contributed by atoms with Crippen LogP contribution in [0.4, 0.5) is 5.69 Å². The molecule has 1 aliphatic carbocycles. The summed E-state index contributed by atoms with van der Waals surface area (Å²) in [7, 11) is 0. The van der Waals surface area contributed by atoms with Crippen LogP contribution in [0.5, 0.6) is 0 Å². The van der Waals surface area contributed by atoms with Crippen molar-refractivity contribution in [3.8, 4) is 0 Å². The van der Waals surface area contributed by atoms with Crippen LogP contribution in [0, 0.1) is 0 Å².